The van der Waals surface area contributed by atoms with Gasteiger partial charge in [-0.1, -0.05) is 36.0 Å². The molecule has 144 valence electrons. The quantitative estimate of drug-likeness (QED) is 0.833. The highest BCUT2D eigenvalue weighted by Crippen LogP contribution is 2.29. The third-order valence-electron chi connectivity index (χ3n) is 5.61. The van der Waals surface area contributed by atoms with Crippen molar-refractivity contribution in [3.63, 3.8) is 0 Å². The smallest absolute Gasteiger partial charge is 0.317 e. The fraction of sp³-hybridized carbons (Fsp3) is 0.550. The van der Waals surface area contributed by atoms with Gasteiger partial charge >= 0.3 is 6.03 Å². The van der Waals surface area contributed by atoms with Gasteiger partial charge in [0, 0.05) is 35.6 Å². The summed E-state index contributed by atoms with van der Waals surface area (Å²) in [6.07, 6.45) is 7.65. The van der Waals surface area contributed by atoms with Crippen LogP contribution in [-0.2, 0) is 0 Å². The lowest BCUT2D eigenvalue weighted by atomic mass is 9.95. The Balaban J connectivity index is 1.31. The molecule has 1 saturated heterocycles. The average molecular weight is 389 g/mol. The molecule has 1 saturated carbocycles. The molecule has 2 aromatic rings. The Labute approximate surface area is 164 Å². The van der Waals surface area contributed by atoms with Crippen molar-refractivity contribution in [1.29, 1.82) is 0 Å². The minimum atomic E-state index is 0.0766. The van der Waals surface area contributed by atoms with Crippen LogP contribution in [-0.4, -0.2) is 40.2 Å². The standard InChI is InChI=1S/C20H25ClN4O2/c21-16-8-6-14(7-9-16)18-23-19(27-24-18)15-10-12-25(13-11-15)20(26)22-17-4-2-1-3-5-17/h6-9,15,17H,1-5,10-13H2,(H,22,26). The highest BCUT2D eigenvalue weighted by molar-refractivity contribution is 6.30. The second-order valence-corrected chi connectivity index (χ2v) is 7.95. The van der Waals surface area contributed by atoms with Crippen LogP contribution in [0.1, 0.15) is 56.8 Å². The summed E-state index contributed by atoms with van der Waals surface area (Å²) < 4.78 is 5.49. The summed E-state index contributed by atoms with van der Waals surface area (Å²) in [4.78, 5) is 19.0. The normalized spacial score (nSPS) is 19.2. The molecular weight excluding hydrogens is 364 g/mol. The van der Waals surface area contributed by atoms with E-state index in [1.807, 2.05) is 29.2 Å². The van der Waals surface area contributed by atoms with Gasteiger partial charge in [-0.15, -0.1) is 0 Å². The zero-order valence-electron chi connectivity index (χ0n) is 15.4. The molecule has 27 heavy (non-hydrogen) atoms. The third kappa shape index (κ3) is 4.43. The summed E-state index contributed by atoms with van der Waals surface area (Å²) in [7, 11) is 0. The Hall–Kier alpha value is -2.08. The zero-order chi connectivity index (χ0) is 18.6. The number of aromatic nitrogens is 2. The van der Waals surface area contributed by atoms with Crippen molar-refractivity contribution in [2.45, 2.75) is 56.9 Å². The number of benzene rings is 1. The molecule has 2 amide bonds. The first-order valence-corrected chi connectivity index (χ1v) is 10.2. The minimum Gasteiger partial charge on any atom is -0.339 e. The fourth-order valence-electron chi connectivity index (χ4n) is 3.96. The number of piperidine rings is 1. The lowest BCUT2D eigenvalue weighted by Gasteiger charge is -2.32. The van der Waals surface area contributed by atoms with Crippen LogP contribution in [0.15, 0.2) is 28.8 Å². The SMILES string of the molecule is O=C(NC1CCCCC1)N1CCC(c2nc(-c3ccc(Cl)cc3)no2)CC1. The van der Waals surface area contributed by atoms with Crippen LogP contribution in [0.25, 0.3) is 11.4 Å². The lowest BCUT2D eigenvalue weighted by molar-refractivity contribution is 0.169. The van der Waals surface area contributed by atoms with E-state index in [2.05, 4.69) is 15.5 Å². The van der Waals surface area contributed by atoms with E-state index in [-0.39, 0.29) is 11.9 Å². The summed E-state index contributed by atoms with van der Waals surface area (Å²) in [5, 5.41) is 7.98. The first-order valence-electron chi connectivity index (χ1n) is 9.84. The van der Waals surface area contributed by atoms with Gasteiger partial charge in [-0.3, -0.25) is 0 Å². The van der Waals surface area contributed by atoms with Crippen LogP contribution in [0.5, 0.6) is 0 Å². The molecule has 2 fully saturated rings. The molecule has 2 heterocycles. The largest absolute Gasteiger partial charge is 0.339 e. The van der Waals surface area contributed by atoms with Gasteiger partial charge in [-0.25, -0.2) is 4.79 Å². The Morgan fingerprint density at radius 3 is 2.48 bits per heavy atom. The molecule has 0 bridgehead atoms. The van der Waals surface area contributed by atoms with Crippen molar-refractivity contribution in [3.05, 3.63) is 35.2 Å². The maximum absolute atomic E-state index is 12.5. The molecule has 1 aromatic carbocycles. The second kappa shape index (κ2) is 8.30. The summed E-state index contributed by atoms with van der Waals surface area (Å²) in [6, 6.07) is 7.83. The highest BCUT2D eigenvalue weighted by Gasteiger charge is 2.28. The summed E-state index contributed by atoms with van der Waals surface area (Å²) >= 11 is 5.93. The van der Waals surface area contributed by atoms with E-state index in [1.54, 1.807) is 0 Å². The Morgan fingerprint density at radius 2 is 1.78 bits per heavy atom. The monoisotopic (exact) mass is 388 g/mol. The molecule has 1 N–H and O–H groups in total. The van der Waals surface area contributed by atoms with E-state index in [0.717, 1.165) is 44.3 Å². The van der Waals surface area contributed by atoms with E-state index < -0.39 is 0 Å². The molecule has 0 spiro atoms. The van der Waals surface area contributed by atoms with E-state index >= 15 is 0 Å². The van der Waals surface area contributed by atoms with E-state index in [0.29, 0.717) is 22.8 Å². The number of likely N-dealkylation sites (tertiary alicyclic amines) is 1. The van der Waals surface area contributed by atoms with E-state index in [9.17, 15) is 4.79 Å². The predicted molar refractivity (Wildman–Crippen MR) is 104 cm³/mol. The number of urea groups is 1. The highest BCUT2D eigenvalue weighted by atomic mass is 35.5. The maximum atomic E-state index is 12.5. The van der Waals surface area contributed by atoms with Gasteiger partial charge in [0.2, 0.25) is 11.7 Å². The molecule has 0 unspecified atom stereocenters. The van der Waals surface area contributed by atoms with Crippen molar-refractivity contribution in [2.75, 3.05) is 13.1 Å². The number of rotatable bonds is 3. The van der Waals surface area contributed by atoms with Gasteiger partial charge in [0.05, 0.1) is 0 Å². The maximum Gasteiger partial charge on any atom is 0.317 e. The zero-order valence-corrected chi connectivity index (χ0v) is 16.1. The van der Waals surface area contributed by atoms with Gasteiger partial charge in [0.1, 0.15) is 0 Å². The number of nitrogens with zero attached hydrogens (tertiary/aromatic N) is 3. The van der Waals surface area contributed by atoms with Crippen LogP contribution in [0.4, 0.5) is 4.79 Å². The average Bonchev–Trinajstić information content (AvgIpc) is 3.20. The van der Waals surface area contributed by atoms with Crippen molar-refractivity contribution in [1.82, 2.24) is 20.4 Å². The first kappa shape index (κ1) is 18.3. The topological polar surface area (TPSA) is 71.3 Å². The van der Waals surface area contributed by atoms with Crippen molar-refractivity contribution in [2.24, 2.45) is 0 Å². The summed E-state index contributed by atoms with van der Waals surface area (Å²) in [6.45, 7) is 1.45. The number of nitrogens with one attached hydrogen (secondary N) is 1. The summed E-state index contributed by atoms with van der Waals surface area (Å²) in [5.41, 5.74) is 0.888. The number of amides is 2. The number of hydrogen-bond donors (Lipinski definition) is 1. The van der Waals surface area contributed by atoms with Crippen LogP contribution in [0, 0.1) is 0 Å². The van der Waals surface area contributed by atoms with E-state index in [4.69, 9.17) is 16.1 Å². The molecule has 1 aliphatic carbocycles. The predicted octanol–water partition coefficient (Wildman–Crippen LogP) is 4.61. The molecule has 1 aromatic heterocycles. The lowest BCUT2D eigenvalue weighted by Crippen LogP contribution is -2.48. The molecule has 6 nitrogen and oxygen atoms in total. The molecule has 0 atom stereocenters. The van der Waals surface area contributed by atoms with Gasteiger partial charge in [0.15, 0.2) is 0 Å². The molecular formula is C20H25ClN4O2. The van der Waals surface area contributed by atoms with Gasteiger partial charge in [-0.2, -0.15) is 4.98 Å². The van der Waals surface area contributed by atoms with Gasteiger partial charge in [-0.05, 0) is 49.9 Å². The number of hydrogen-bond acceptors (Lipinski definition) is 4. The molecule has 1 aliphatic heterocycles. The van der Waals surface area contributed by atoms with Crippen LogP contribution in [0.3, 0.4) is 0 Å². The molecule has 4 rings (SSSR count). The van der Waals surface area contributed by atoms with E-state index in [1.165, 1.54) is 19.3 Å². The van der Waals surface area contributed by atoms with Crippen molar-refractivity contribution in [3.8, 4) is 11.4 Å². The van der Waals surface area contributed by atoms with Crippen molar-refractivity contribution < 1.29 is 9.32 Å². The molecule has 0 radical (unpaired) electrons. The van der Waals surface area contributed by atoms with Crippen LogP contribution >= 0.6 is 11.6 Å². The Bertz CT molecular complexity index is 763. The number of carbonyl (C=O) groups is 1. The Kier molecular flexibility index (Phi) is 5.62. The fourth-order valence-corrected chi connectivity index (χ4v) is 4.09. The second-order valence-electron chi connectivity index (χ2n) is 7.51. The first-order chi connectivity index (χ1) is 13.2. The third-order valence-corrected chi connectivity index (χ3v) is 5.86. The van der Waals surface area contributed by atoms with Gasteiger partial charge in [0.25, 0.3) is 0 Å². The Morgan fingerprint density at radius 1 is 1.07 bits per heavy atom. The van der Waals surface area contributed by atoms with Crippen molar-refractivity contribution >= 4 is 17.6 Å². The number of halogens is 1. The molecule has 2 aliphatic rings. The molecule has 7 heteroatoms. The van der Waals surface area contributed by atoms with Gasteiger partial charge < -0.3 is 14.7 Å². The minimum absolute atomic E-state index is 0.0766. The van der Waals surface area contributed by atoms with Crippen LogP contribution < -0.4 is 5.32 Å². The number of carbonyl (C=O) groups excluding carboxylic acids is 1. The van der Waals surface area contributed by atoms with Crippen LogP contribution in [0.2, 0.25) is 5.02 Å². The summed E-state index contributed by atoms with van der Waals surface area (Å²) in [5.74, 6) is 1.45.